The second-order valence-electron chi connectivity index (χ2n) is 5.34. The fourth-order valence-electron chi connectivity index (χ4n) is 2.50. The predicted molar refractivity (Wildman–Crippen MR) is 92.1 cm³/mol. The second-order valence-corrected chi connectivity index (χ2v) is 6.19. The van der Waals surface area contributed by atoms with E-state index in [1.165, 1.54) is 16.7 Å². The molecule has 2 aromatic rings. The molecule has 0 spiro atoms. The summed E-state index contributed by atoms with van der Waals surface area (Å²) in [6, 6.07) is 15.2. The van der Waals surface area contributed by atoms with Gasteiger partial charge < -0.3 is 10.1 Å². The minimum Gasteiger partial charge on any atom is -0.497 e. The molecule has 0 saturated heterocycles. The van der Waals surface area contributed by atoms with Gasteiger partial charge in [-0.15, -0.1) is 0 Å². The van der Waals surface area contributed by atoms with E-state index in [0.29, 0.717) is 6.04 Å². The Balaban J connectivity index is 2.12. The Labute approximate surface area is 135 Å². The second kappa shape index (κ2) is 7.62. The monoisotopic (exact) mass is 347 g/mol. The molecule has 1 N–H and O–H groups in total. The number of likely N-dealkylation sites (N-methyl/N-ethyl adjacent to an activating group) is 1. The number of nitrogens with one attached hydrogen (secondary N) is 1. The third kappa shape index (κ3) is 4.58. The molecule has 0 bridgehead atoms. The van der Waals surface area contributed by atoms with Crippen molar-refractivity contribution in [1.29, 1.82) is 0 Å². The minimum atomic E-state index is 0.398. The molecule has 0 aromatic heterocycles. The average molecular weight is 348 g/mol. The molecule has 0 radical (unpaired) electrons. The van der Waals surface area contributed by atoms with Crippen molar-refractivity contribution in [1.82, 2.24) is 5.32 Å². The van der Waals surface area contributed by atoms with Gasteiger partial charge in [0.2, 0.25) is 0 Å². The van der Waals surface area contributed by atoms with Gasteiger partial charge >= 0.3 is 0 Å². The molecule has 21 heavy (non-hydrogen) atoms. The highest BCUT2D eigenvalue weighted by Gasteiger charge is 2.11. The van der Waals surface area contributed by atoms with Gasteiger partial charge in [-0.1, -0.05) is 45.8 Å². The Bertz CT molecular complexity index is 598. The summed E-state index contributed by atoms with van der Waals surface area (Å²) in [7, 11) is 3.73. The number of aryl methyl sites for hydroxylation is 1. The topological polar surface area (TPSA) is 21.3 Å². The summed E-state index contributed by atoms with van der Waals surface area (Å²) in [6.45, 7) is 2.14. The lowest BCUT2D eigenvalue weighted by molar-refractivity contribution is 0.413. The Hall–Kier alpha value is -1.32. The smallest absolute Gasteiger partial charge is 0.119 e. The molecule has 1 unspecified atom stereocenters. The van der Waals surface area contributed by atoms with Crippen LogP contribution in [0.4, 0.5) is 0 Å². The highest BCUT2D eigenvalue weighted by Crippen LogP contribution is 2.24. The van der Waals surface area contributed by atoms with Crippen LogP contribution in [0.2, 0.25) is 0 Å². The average Bonchev–Trinajstić information content (AvgIpc) is 2.48. The lowest BCUT2D eigenvalue weighted by Gasteiger charge is -2.18. The summed E-state index contributed by atoms with van der Waals surface area (Å²) in [5.74, 6) is 0.901. The highest BCUT2D eigenvalue weighted by molar-refractivity contribution is 9.10. The third-order valence-corrected chi connectivity index (χ3v) is 4.47. The van der Waals surface area contributed by atoms with Crippen molar-refractivity contribution in [3.05, 3.63) is 63.6 Å². The van der Waals surface area contributed by atoms with Gasteiger partial charge in [0.1, 0.15) is 5.75 Å². The molecule has 0 aliphatic rings. The van der Waals surface area contributed by atoms with E-state index in [1.54, 1.807) is 7.11 Å². The van der Waals surface area contributed by atoms with Gasteiger partial charge in [0.15, 0.2) is 0 Å². The quantitative estimate of drug-likeness (QED) is 0.847. The molecule has 0 aliphatic heterocycles. The number of halogens is 1. The summed E-state index contributed by atoms with van der Waals surface area (Å²) in [5, 5.41) is 3.42. The van der Waals surface area contributed by atoms with Gasteiger partial charge in [0.05, 0.1) is 7.11 Å². The standard InChI is InChI=1S/C18H22BrNO/c1-13-5-4-6-14(9-13)10-16(20-2)11-15-12-17(21-3)7-8-18(15)19/h4-9,12,16,20H,10-11H2,1-3H3. The molecule has 0 amide bonds. The Morgan fingerprint density at radius 1 is 1.14 bits per heavy atom. The van der Waals surface area contributed by atoms with E-state index in [9.17, 15) is 0 Å². The van der Waals surface area contributed by atoms with Crippen molar-refractivity contribution in [2.45, 2.75) is 25.8 Å². The van der Waals surface area contributed by atoms with Gasteiger partial charge in [-0.3, -0.25) is 0 Å². The first-order chi connectivity index (χ1) is 10.1. The van der Waals surface area contributed by atoms with Crippen LogP contribution in [0.1, 0.15) is 16.7 Å². The summed E-state index contributed by atoms with van der Waals surface area (Å²) >= 11 is 3.63. The summed E-state index contributed by atoms with van der Waals surface area (Å²) in [6.07, 6.45) is 1.98. The van der Waals surface area contributed by atoms with Crippen molar-refractivity contribution in [2.24, 2.45) is 0 Å². The van der Waals surface area contributed by atoms with Gasteiger partial charge in [-0.05, 0) is 56.1 Å². The summed E-state index contributed by atoms with van der Waals surface area (Å²) in [5.41, 5.74) is 3.94. The van der Waals surface area contributed by atoms with Crippen LogP contribution in [0.15, 0.2) is 46.9 Å². The van der Waals surface area contributed by atoms with E-state index in [4.69, 9.17) is 4.74 Å². The zero-order valence-electron chi connectivity index (χ0n) is 12.8. The maximum atomic E-state index is 5.32. The van der Waals surface area contributed by atoms with Crippen LogP contribution in [-0.2, 0) is 12.8 Å². The predicted octanol–water partition coefficient (Wildman–Crippen LogP) is 4.14. The Morgan fingerprint density at radius 3 is 2.62 bits per heavy atom. The van der Waals surface area contributed by atoms with Gasteiger partial charge in [-0.25, -0.2) is 0 Å². The Morgan fingerprint density at radius 2 is 1.95 bits per heavy atom. The molecule has 0 heterocycles. The number of rotatable bonds is 6. The van der Waals surface area contributed by atoms with E-state index >= 15 is 0 Å². The van der Waals surface area contributed by atoms with E-state index in [-0.39, 0.29) is 0 Å². The largest absolute Gasteiger partial charge is 0.497 e. The molecule has 3 heteroatoms. The minimum absolute atomic E-state index is 0.398. The van der Waals surface area contributed by atoms with Gasteiger partial charge in [0.25, 0.3) is 0 Å². The van der Waals surface area contributed by atoms with Crippen molar-refractivity contribution in [2.75, 3.05) is 14.2 Å². The van der Waals surface area contributed by atoms with Crippen LogP contribution in [0, 0.1) is 6.92 Å². The molecule has 112 valence electrons. The number of ether oxygens (including phenoxy) is 1. The molecule has 2 nitrogen and oxygen atoms in total. The van der Waals surface area contributed by atoms with Crippen LogP contribution >= 0.6 is 15.9 Å². The number of hydrogen-bond donors (Lipinski definition) is 1. The molecule has 0 aliphatic carbocycles. The van der Waals surface area contributed by atoms with Crippen LogP contribution in [-0.4, -0.2) is 20.2 Å². The van der Waals surface area contributed by atoms with Crippen LogP contribution in [0.3, 0.4) is 0 Å². The molecular formula is C18H22BrNO. The van der Waals surface area contributed by atoms with Crippen molar-refractivity contribution in [3.8, 4) is 5.75 Å². The number of benzene rings is 2. The highest BCUT2D eigenvalue weighted by atomic mass is 79.9. The summed E-state index contributed by atoms with van der Waals surface area (Å²) in [4.78, 5) is 0. The maximum absolute atomic E-state index is 5.32. The lowest BCUT2D eigenvalue weighted by atomic mass is 9.98. The molecule has 1 atom stereocenters. The van der Waals surface area contributed by atoms with E-state index in [1.807, 2.05) is 19.2 Å². The van der Waals surface area contributed by atoms with E-state index in [2.05, 4.69) is 58.5 Å². The van der Waals surface area contributed by atoms with E-state index < -0.39 is 0 Å². The third-order valence-electron chi connectivity index (χ3n) is 3.69. The molecule has 2 rings (SSSR count). The number of hydrogen-bond acceptors (Lipinski definition) is 2. The first-order valence-corrected chi connectivity index (χ1v) is 7.97. The zero-order chi connectivity index (χ0) is 15.2. The van der Waals surface area contributed by atoms with Crippen LogP contribution in [0.5, 0.6) is 5.75 Å². The molecular weight excluding hydrogens is 326 g/mol. The Kier molecular flexibility index (Phi) is 5.83. The maximum Gasteiger partial charge on any atom is 0.119 e. The van der Waals surface area contributed by atoms with Gasteiger partial charge in [0, 0.05) is 10.5 Å². The van der Waals surface area contributed by atoms with Crippen molar-refractivity contribution < 1.29 is 4.74 Å². The first kappa shape index (κ1) is 16.1. The lowest BCUT2D eigenvalue weighted by Crippen LogP contribution is -2.30. The number of methoxy groups -OCH3 is 1. The van der Waals surface area contributed by atoms with Crippen molar-refractivity contribution in [3.63, 3.8) is 0 Å². The normalized spacial score (nSPS) is 12.2. The van der Waals surface area contributed by atoms with Crippen LogP contribution in [0.25, 0.3) is 0 Å². The fraction of sp³-hybridized carbons (Fsp3) is 0.333. The fourth-order valence-corrected chi connectivity index (χ4v) is 2.91. The zero-order valence-corrected chi connectivity index (χ0v) is 14.4. The van der Waals surface area contributed by atoms with Crippen LogP contribution < -0.4 is 10.1 Å². The molecule has 0 saturated carbocycles. The molecule has 0 fully saturated rings. The summed E-state index contributed by atoms with van der Waals surface area (Å²) < 4.78 is 6.45. The van der Waals surface area contributed by atoms with Crippen molar-refractivity contribution >= 4 is 15.9 Å². The SMILES string of the molecule is CNC(Cc1cccc(C)c1)Cc1cc(OC)ccc1Br. The first-order valence-electron chi connectivity index (χ1n) is 7.17. The molecule has 2 aromatic carbocycles. The van der Waals surface area contributed by atoms with E-state index in [0.717, 1.165) is 23.1 Å². The van der Waals surface area contributed by atoms with Gasteiger partial charge in [-0.2, -0.15) is 0 Å².